The van der Waals surface area contributed by atoms with Crippen LogP contribution in [0.2, 0.25) is 0 Å². The summed E-state index contributed by atoms with van der Waals surface area (Å²) in [6.45, 7) is 6.72. The average molecular weight is 396 g/mol. The number of aliphatic imine (C=N–C) groups is 1. The fourth-order valence-corrected chi connectivity index (χ4v) is 3.34. The first-order valence-electron chi connectivity index (χ1n) is 10.6. The first-order chi connectivity index (χ1) is 14.2. The quantitative estimate of drug-likeness (QED) is 0.407. The van der Waals surface area contributed by atoms with Crippen LogP contribution in [0.3, 0.4) is 0 Å². The third-order valence-electron chi connectivity index (χ3n) is 5.23. The van der Waals surface area contributed by atoms with Gasteiger partial charge in [0.05, 0.1) is 6.61 Å². The van der Waals surface area contributed by atoms with E-state index in [0.717, 1.165) is 55.1 Å². The minimum atomic E-state index is 0.675. The van der Waals surface area contributed by atoms with E-state index in [2.05, 4.69) is 44.6 Å². The number of pyridine rings is 1. The molecular weight excluding hydrogens is 362 g/mol. The summed E-state index contributed by atoms with van der Waals surface area (Å²) in [5.41, 5.74) is 1.15. The smallest absolute Gasteiger partial charge is 0.191 e. The Balaban J connectivity index is 1.34. The normalized spacial score (nSPS) is 15.2. The zero-order valence-electron chi connectivity index (χ0n) is 17.6. The molecule has 1 aromatic heterocycles. The van der Waals surface area contributed by atoms with Crippen molar-refractivity contribution in [1.82, 2.24) is 15.6 Å². The van der Waals surface area contributed by atoms with Gasteiger partial charge in [0.15, 0.2) is 5.96 Å². The molecule has 1 aliphatic heterocycles. The Bertz CT molecular complexity index is 740. The number of hydrogen-bond acceptors (Lipinski definition) is 4. The van der Waals surface area contributed by atoms with Gasteiger partial charge in [-0.3, -0.25) is 4.99 Å². The van der Waals surface area contributed by atoms with Crippen LogP contribution in [0, 0.1) is 5.92 Å². The maximum absolute atomic E-state index is 5.71. The highest BCUT2D eigenvalue weighted by Crippen LogP contribution is 2.21. The number of benzene rings is 1. The van der Waals surface area contributed by atoms with Gasteiger partial charge in [0.25, 0.3) is 0 Å². The molecule has 2 N–H and O–H groups in total. The molecule has 2 heterocycles. The van der Waals surface area contributed by atoms with Gasteiger partial charge >= 0.3 is 0 Å². The van der Waals surface area contributed by atoms with Gasteiger partial charge in [-0.25, -0.2) is 4.98 Å². The van der Waals surface area contributed by atoms with E-state index in [9.17, 15) is 0 Å². The lowest BCUT2D eigenvalue weighted by atomic mass is 9.99. The van der Waals surface area contributed by atoms with Crippen LogP contribution in [0.25, 0.3) is 0 Å². The molecule has 0 saturated carbocycles. The third kappa shape index (κ3) is 6.97. The highest BCUT2D eigenvalue weighted by molar-refractivity contribution is 5.79. The summed E-state index contributed by atoms with van der Waals surface area (Å²) < 4.78 is 5.71. The number of anilines is 1. The first-order valence-corrected chi connectivity index (χ1v) is 10.6. The molecule has 0 amide bonds. The van der Waals surface area contributed by atoms with E-state index in [4.69, 9.17) is 4.74 Å². The summed E-state index contributed by atoms with van der Waals surface area (Å²) in [4.78, 5) is 11.3. The van der Waals surface area contributed by atoms with Crippen LogP contribution in [0.4, 0.5) is 5.82 Å². The van der Waals surface area contributed by atoms with E-state index in [-0.39, 0.29) is 0 Å². The van der Waals surface area contributed by atoms with Crippen molar-refractivity contribution in [3.05, 3.63) is 54.2 Å². The monoisotopic (exact) mass is 395 g/mol. The van der Waals surface area contributed by atoms with Crippen LogP contribution in [0.1, 0.15) is 31.7 Å². The van der Waals surface area contributed by atoms with Crippen LogP contribution in [0.5, 0.6) is 5.75 Å². The minimum Gasteiger partial charge on any atom is -0.494 e. The Morgan fingerprint density at radius 3 is 2.62 bits per heavy atom. The van der Waals surface area contributed by atoms with E-state index in [1.807, 2.05) is 36.5 Å². The van der Waals surface area contributed by atoms with Gasteiger partial charge in [-0.1, -0.05) is 31.2 Å². The minimum absolute atomic E-state index is 0.675. The van der Waals surface area contributed by atoms with E-state index in [1.165, 1.54) is 12.8 Å². The SMILES string of the molecule is CN=C(NCCCOc1ccccc1)NCc1ccc(N2CCC(C)CC2)nc1. The highest BCUT2D eigenvalue weighted by Gasteiger charge is 2.16. The van der Waals surface area contributed by atoms with E-state index in [1.54, 1.807) is 7.05 Å². The molecule has 1 fully saturated rings. The van der Waals surface area contributed by atoms with Gasteiger partial charge in [-0.05, 0) is 48.9 Å². The molecule has 6 nitrogen and oxygen atoms in total. The number of piperidine rings is 1. The summed E-state index contributed by atoms with van der Waals surface area (Å²) in [6, 6.07) is 14.2. The molecule has 0 bridgehead atoms. The molecule has 1 aromatic carbocycles. The second kappa shape index (κ2) is 11.3. The Morgan fingerprint density at radius 1 is 1.14 bits per heavy atom. The predicted octanol–water partition coefficient (Wildman–Crippen LogP) is 3.45. The van der Waals surface area contributed by atoms with Crippen molar-refractivity contribution in [2.75, 3.05) is 38.2 Å². The zero-order valence-corrected chi connectivity index (χ0v) is 17.6. The van der Waals surface area contributed by atoms with E-state index >= 15 is 0 Å². The fourth-order valence-electron chi connectivity index (χ4n) is 3.34. The van der Waals surface area contributed by atoms with E-state index < -0.39 is 0 Å². The van der Waals surface area contributed by atoms with Gasteiger partial charge in [-0.15, -0.1) is 0 Å². The molecule has 0 aliphatic carbocycles. The Kier molecular flexibility index (Phi) is 8.16. The fraction of sp³-hybridized carbons (Fsp3) is 0.478. The van der Waals surface area contributed by atoms with Gasteiger partial charge < -0.3 is 20.3 Å². The molecule has 0 radical (unpaired) electrons. The summed E-state index contributed by atoms with van der Waals surface area (Å²) in [5, 5.41) is 6.67. The maximum atomic E-state index is 5.71. The summed E-state index contributed by atoms with van der Waals surface area (Å²) in [6.07, 6.45) is 5.37. The Morgan fingerprint density at radius 2 is 1.93 bits per heavy atom. The Labute approximate surface area is 174 Å². The van der Waals surface area contributed by atoms with Crippen LogP contribution in [-0.4, -0.2) is 44.2 Å². The number of aromatic nitrogens is 1. The van der Waals surface area contributed by atoms with Crippen molar-refractivity contribution < 1.29 is 4.74 Å². The van der Waals surface area contributed by atoms with E-state index in [0.29, 0.717) is 13.2 Å². The van der Waals surface area contributed by atoms with Gasteiger partial charge in [0, 0.05) is 39.4 Å². The number of para-hydroxylation sites is 1. The standard InChI is InChI=1S/C23H33N5O/c1-19-11-14-28(15-12-19)22-10-9-20(17-26-22)18-27-23(24-2)25-13-6-16-29-21-7-4-3-5-8-21/h3-5,7-10,17,19H,6,11-16,18H2,1-2H3,(H2,24,25,27). The van der Waals surface area contributed by atoms with Crippen LogP contribution < -0.4 is 20.3 Å². The second-order valence-corrected chi connectivity index (χ2v) is 7.56. The topological polar surface area (TPSA) is 61.8 Å². The number of rotatable bonds is 8. The predicted molar refractivity (Wildman–Crippen MR) is 120 cm³/mol. The molecular formula is C23H33N5O. The van der Waals surface area contributed by atoms with Crippen LogP contribution >= 0.6 is 0 Å². The number of ether oxygens (including phenoxy) is 1. The summed E-state index contributed by atoms with van der Waals surface area (Å²) in [5.74, 6) is 3.62. The maximum Gasteiger partial charge on any atom is 0.191 e. The highest BCUT2D eigenvalue weighted by atomic mass is 16.5. The first kappa shape index (κ1) is 21.0. The number of hydrogen-bond donors (Lipinski definition) is 2. The molecule has 29 heavy (non-hydrogen) atoms. The van der Waals surface area contributed by atoms with Gasteiger partial charge in [-0.2, -0.15) is 0 Å². The lowest BCUT2D eigenvalue weighted by molar-refractivity contribution is 0.311. The van der Waals surface area contributed by atoms with Crippen molar-refractivity contribution in [3.63, 3.8) is 0 Å². The van der Waals surface area contributed by atoms with Crippen molar-refractivity contribution >= 4 is 11.8 Å². The van der Waals surface area contributed by atoms with Crippen molar-refractivity contribution in [2.24, 2.45) is 10.9 Å². The number of nitrogens with one attached hydrogen (secondary N) is 2. The summed E-state index contributed by atoms with van der Waals surface area (Å²) >= 11 is 0. The zero-order chi connectivity index (χ0) is 20.3. The largest absolute Gasteiger partial charge is 0.494 e. The van der Waals surface area contributed by atoms with Crippen LogP contribution in [0.15, 0.2) is 53.7 Å². The molecule has 0 spiro atoms. The molecule has 0 unspecified atom stereocenters. The molecule has 0 atom stereocenters. The average Bonchev–Trinajstić information content (AvgIpc) is 2.77. The number of guanidine groups is 1. The number of nitrogens with zero attached hydrogens (tertiary/aromatic N) is 3. The molecule has 3 rings (SSSR count). The Hall–Kier alpha value is -2.76. The second-order valence-electron chi connectivity index (χ2n) is 7.56. The molecule has 156 valence electrons. The lowest BCUT2D eigenvalue weighted by Crippen LogP contribution is -2.37. The summed E-state index contributed by atoms with van der Waals surface area (Å²) in [7, 11) is 1.79. The van der Waals surface area contributed by atoms with Crippen molar-refractivity contribution in [2.45, 2.75) is 32.7 Å². The molecule has 1 aliphatic rings. The molecule has 1 saturated heterocycles. The van der Waals surface area contributed by atoms with Crippen molar-refractivity contribution in [3.8, 4) is 5.75 Å². The van der Waals surface area contributed by atoms with Crippen LogP contribution in [-0.2, 0) is 6.54 Å². The lowest BCUT2D eigenvalue weighted by Gasteiger charge is -2.31. The third-order valence-corrected chi connectivity index (χ3v) is 5.23. The van der Waals surface area contributed by atoms with Gasteiger partial charge in [0.1, 0.15) is 11.6 Å². The van der Waals surface area contributed by atoms with Gasteiger partial charge in [0.2, 0.25) is 0 Å². The van der Waals surface area contributed by atoms with Crippen molar-refractivity contribution in [1.29, 1.82) is 0 Å². The molecule has 6 heteroatoms. The molecule has 2 aromatic rings.